The molecule has 0 bridgehead atoms. The number of hydrogen-bond acceptors (Lipinski definition) is 2. The Morgan fingerprint density at radius 2 is 2.17 bits per heavy atom. The predicted molar refractivity (Wildman–Crippen MR) is 94.6 cm³/mol. The van der Waals surface area contributed by atoms with Gasteiger partial charge in [-0.3, -0.25) is 0 Å². The van der Waals surface area contributed by atoms with Gasteiger partial charge >= 0.3 is 0 Å². The van der Waals surface area contributed by atoms with Crippen molar-refractivity contribution in [2.45, 2.75) is 25.0 Å². The summed E-state index contributed by atoms with van der Waals surface area (Å²) in [4.78, 5) is 0. The van der Waals surface area contributed by atoms with Crippen LogP contribution >= 0.6 is 12.4 Å². The number of halogens is 2. The Balaban J connectivity index is 0.00000192. The molecule has 1 aliphatic carbocycles. The summed E-state index contributed by atoms with van der Waals surface area (Å²) in [6.45, 7) is 0.487. The minimum absolute atomic E-state index is 0. The van der Waals surface area contributed by atoms with Gasteiger partial charge < -0.3 is 15.0 Å². The summed E-state index contributed by atoms with van der Waals surface area (Å²) < 4.78 is 15.9. The SMILES string of the molecule is CNCC(O)[C@H](C1=CC=CCC1)n1ccc2c(F)cccc21.Cl. The first kappa shape index (κ1) is 17.7. The van der Waals surface area contributed by atoms with Crippen molar-refractivity contribution >= 4 is 23.3 Å². The average molecular weight is 337 g/mol. The van der Waals surface area contributed by atoms with E-state index in [0.29, 0.717) is 11.9 Å². The number of rotatable bonds is 5. The summed E-state index contributed by atoms with van der Waals surface area (Å²) >= 11 is 0. The van der Waals surface area contributed by atoms with E-state index < -0.39 is 6.10 Å². The topological polar surface area (TPSA) is 37.2 Å². The Morgan fingerprint density at radius 1 is 1.35 bits per heavy atom. The molecule has 2 atom stereocenters. The van der Waals surface area contributed by atoms with Crippen molar-refractivity contribution in [3.8, 4) is 0 Å². The Morgan fingerprint density at radius 3 is 2.87 bits per heavy atom. The van der Waals surface area contributed by atoms with Gasteiger partial charge in [0.25, 0.3) is 0 Å². The zero-order chi connectivity index (χ0) is 15.5. The fourth-order valence-electron chi connectivity index (χ4n) is 3.19. The minimum atomic E-state index is -0.568. The summed E-state index contributed by atoms with van der Waals surface area (Å²) in [6, 6.07) is 6.68. The summed E-state index contributed by atoms with van der Waals surface area (Å²) in [5.41, 5.74) is 1.99. The van der Waals surface area contributed by atoms with Crippen LogP contribution in [0.1, 0.15) is 18.9 Å². The number of fused-ring (bicyclic) bond motifs is 1. The highest BCUT2D eigenvalue weighted by Gasteiger charge is 2.26. The number of allylic oxidation sites excluding steroid dienone is 3. The van der Waals surface area contributed by atoms with Gasteiger partial charge in [0.15, 0.2) is 0 Å². The van der Waals surface area contributed by atoms with Crippen molar-refractivity contribution in [2.24, 2.45) is 0 Å². The zero-order valence-corrected chi connectivity index (χ0v) is 13.9. The zero-order valence-electron chi connectivity index (χ0n) is 13.1. The quantitative estimate of drug-likeness (QED) is 0.875. The second kappa shape index (κ2) is 7.77. The molecule has 2 aromatic rings. The van der Waals surface area contributed by atoms with E-state index in [4.69, 9.17) is 0 Å². The van der Waals surface area contributed by atoms with E-state index in [0.717, 1.165) is 18.4 Å². The highest BCUT2D eigenvalue weighted by atomic mass is 35.5. The highest BCUT2D eigenvalue weighted by Crippen LogP contribution is 2.32. The third-order valence-electron chi connectivity index (χ3n) is 4.21. The summed E-state index contributed by atoms with van der Waals surface area (Å²) in [5.74, 6) is -0.226. The summed E-state index contributed by atoms with van der Waals surface area (Å²) in [6.07, 6.45) is 9.41. The van der Waals surface area contributed by atoms with E-state index in [-0.39, 0.29) is 24.3 Å². The van der Waals surface area contributed by atoms with E-state index >= 15 is 0 Å². The standard InChI is InChI=1S/C18H21FN2O.ClH/c1-20-12-17(22)18(13-6-3-2-4-7-13)21-11-10-14-15(19)8-5-9-16(14)21;/h2-3,5-6,8-11,17-18,20,22H,4,7,12H2,1H3;1H/t17?,18-;/m0./s1. The molecule has 1 aromatic carbocycles. The van der Waals surface area contributed by atoms with E-state index in [1.165, 1.54) is 11.6 Å². The molecule has 23 heavy (non-hydrogen) atoms. The lowest BCUT2D eigenvalue weighted by Crippen LogP contribution is -2.34. The van der Waals surface area contributed by atoms with E-state index in [2.05, 4.69) is 17.5 Å². The number of benzene rings is 1. The lowest BCUT2D eigenvalue weighted by Gasteiger charge is -2.29. The molecule has 1 aliphatic rings. The van der Waals surface area contributed by atoms with Crippen LogP contribution in [-0.4, -0.2) is 29.4 Å². The second-order valence-electron chi connectivity index (χ2n) is 5.67. The van der Waals surface area contributed by atoms with Gasteiger partial charge in [0.2, 0.25) is 0 Å². The van der Waals surface area contributed by atoms with E-state index in [1.807, 2.05) is 30.0 Å². The molecule has 0 amide bonds. The maximum atomic E-state index is 13.9. The fraction of sp³-hybridized carbons (Fsp3) is 0.333. The normalized spacial score (nSPS) is 16.7. The number of aromatic nitrogens is 1. The maximum absolute atomic E-state index is 13.9. The number of aliphatic hydroxyl groups is 1. The smallest absolute Gasteiger partial charge is 0.132 e. The van der Waals surface area contributed by atoms with Crippen LogP contribution in [-0.2, 0) is 0 Å². The number of hydrogen-bond donors (Lipinski definition) is 2. The van der Waals surface area contributed by atoms with Crippen LogP contribution in [0.4, 0.5) is 4.39 Å². The molecule has 1 unspecified atom stereocenters. The molecule has 3 rings (SSSR count). The van der Waals surface area contributed by atoms with Gasteiger partial charge in [-0.15, -0.1) is 12.4 Å². The monoisotopic (exact) mass is 336 g/mol. The van der Waals surface area contributed by atoms with Gasteiger partial charge in [-0.2, -0.15) is 0 Å². The highest BCUT2D eigenvalue weighted by molar-refractivity contribution is 5.85. The maximum Gasteiger partial charge on any atom is 0.132 e. The van der Waals surface area contributed by atoms with Gasteiger partial charge in [0.05, 0.1) is 17.7 Å². The molecule has 124 valence electrons. The van der Waals surface area contributed by atoms with E-state index in [1.54, 1.807) is 12.1 Å². The molecule has 1 aromatic heterocycles. The summed E-state index contributed by atoms with van der Waals surface area (Å²) in [5, 5.41) is 14.2. The Hall–Kier alpha value is -1.62. The van der Waals surface area contributed by atoms with Crippen LogP contribution in [0, 0.1) is 5.82 Å². The molecule has 1 heterocycles. The number of nitrogens with one attached hydrogen (secondary N) is 1. The third-order valence-corrected chi connectivity index (χ3v) is 4.21. The largest absolute Gasteiger partial charge is 0.389 e. The lowest BCUT2D eigenvalue weighted by atomic mass is 9.93. The molecule has 0 spiro atoms. The lowest BCUT2D eigenvalue weighted by molar-refractivity contribution is 0.129. The van der Waals surface area contributed by atoms with Crippen LogP contribution in [0.5, 0.6) is 0 Å². The summed E-state index contributed by atoms with van der Waals surface area (Å²) in [7, 11) is 1.82. The second-order valence-corrected chi connectivity index (χ2v) is 5.67. The predicted octanol–water partition coefficient (Wildman–Crippen LogP) is 3.60. The van der Waals surface area contributed by atoms with Gasteiger partial charge in [-0.1, -0.05) is 24.3 Å². The average Bonchev–Trinajstić information content (AvgIpc) is 2.94. The fourth-order valence-corrected chi connectivity index (χ4v) is 3.19. The third kappa shape index (κ3) is 3.50. The van der Waals surface area contributed by atoms with E-state index in [9.17, 15) is 9.50 Å². The van der Waals surface area contributed by atoms with Crippen molar-refractivity contribution in [1.82, 2.24) is 9.88 Å². The van der Waals surface area contributed by atoms with Gasteiger partial charge in [-0.25, -0.2) is 4.39 Å². The van der Waals surface area contributed by atoms with Crippen molar-refractivity contribution in [3.63, 3.8) is 0 Å². The Labute approximate surface area is 141 Å². The van der Waals surface area contributed by atoms with Crippen LogP contribution < -0.4 is 5.32 Å². The first-order chi connectivity index (χ1) is 10.7. The molecule has 2 N–H and O–H groups in total. The van der Waals surface area contributed by atoms with Crippen LogP contribution in [0.2, 0.25) is 0 Å². The minimum Gasteiger partial charge on any atom is -0.389 e. The molecular formula is C18H22ClFN2O. The first-order valence-corrected chi connectivity index (χ1v) is 7.65. The van der Waals surface area contributed by atoms with Crippen LogP contribution in [0.15, 0.2) is 54.3 Å². The van der Waals surface area contributed by atoms with Crippen molar-refractivity contribution < 1.29 is 9.50 Å². The molecule has 0 fully saturated rings. The van der Waals surface area contributed by atoms with Gasteiger partial charge in [-0.05, 0) is 43.7 Å². The molecule has 3 nitrogen and oxygen atoms in total. The van der Waals surface area contributed by atoms with Gasteiger partial charge in [0.1, 0.15) is 5.82 Å². The molecule has 0 radical (unpaired) electrons. The molecule has 0 aliphatic heterocycles. The molecule has 5 heteroatoms. The Kier molecular flexibility index (Phi) is 5.99. The van der Waals surface area contributed by atoms with Crippen LogP contribution in [0.25, 0.3) is 10.9 Å². The number of aliphatic hydroxyl groups excluding tert-OH is 1. The number of nitrogens with zero attached hydrogens (tertiary/aromatic N) is 1. The first-order valence-electron chi connectivity index (χ1n) is 7.65. The Bertz CT molecular complexity index is 723. The van der Waals surface area contributed by atoms with Crippen molar-refractivity contribution in [1.29, 1.82) is 0 Å². The van der Waals surface area contributed by atoms with Gasteiger partial charge in [0, 0.05) is 18.1 Å². The van der Waals surface area contributed by atoms with Crippen molar-refractivity contribution in [3.05, 3.63) is 60.1 Å². The van der Waals surface area contributed by atoms with Crippen molar-refractivity contribution in [2.75, 3.05) is 13.6 Å². The molecule has 0 saturated carbocycles. The number of likely N-dealkylation sites (N-methyl/N-ethyl adjacent to an activating group) is 1. The molecule has 0 saturated heterocycles. The molecular weight excluding hydrogens is 315 g/mol. The van der Waals surface area contributed by atoms with Crippen LogP contribution in [0.3, 0.4) is 0 Å².